The highest BCUT2D eigenvalue weighted by atomic mass is 16.6. The maximum Gasteiger partial charge on any atom is 0.340 e. The summed E-state index contributed by atoms with van der Waals surface area (Å²) in [6.45, 7) is 4.55. The quantitative estimate of drug-likeness (QED) is 0.0817. The Hall–Kier alpha value is -3.79. The van der Waals surface area contributed by atoms with Crippen molar-refractivity contribution in [2.75, 3.05) is 0 Å². The minimum Gasteiger partial charge on any atom is -0.440 e. The molecule has 0 amide bonds. The number of nitrogens with zero attached hydrogens (tertiary/aromatic N) is 2. The molecule has 4 heteroatoms. The number of hydrogen-bond donors (Lipinski definition) is 0. The molecule has 0 saturated heterocycles. The van der Waals surface area contributed by atoms with Crippen molar-refractivity contribution in [3.63, 3.8) is 0 Å². The predicted molar refractivity (Wildman–Crippen MR) is 192 cm³/mol. The SMILES string of the molecule is CCCCCCCCc1c(C2(c3c(CCCCCCCC)n(C)c4ccccc34)OC(=O)c3ccccc32)c2ccccc2n1C. The maximum atomic E-state index is 14.0. The number of aromatic nitrogens is 2. The molecule has 0 fully saturated rings. The second kappa shape index (κ2) is 14.3. The number of aryl methyl sites for hydroxylation is 2. The molecule has 1 aliphatic heterocycles. The van der Waals surface area contributed by atoms with Crippen molar-refractivity contribution >= 4 is 27.8 Å². The number of para-hydroxylation sites is 2. The summed E-state index contributed by atoms with van der Waals surface area (Å²) in [6.07, 6.45) is 16.8. The number of rotatable bonds is 16. The lowest BCUT2D eigenvalue weighted by Gasteiger charge is -2.32. The molecule has 0 saturated carbocycles. The fourth-order valence-electron chi connectivity index (χ4n) is 8.12. The summed E-state index contributed by atoms with van der Waals surface area (Å²) in [7, 11) is 4.41. The Balaban J connectivity index is 1.58. The van der Waals surface area contributed by atoms with E-state index in [9.17, 15) is 4.79 Å². The summed E-state index contributed by atoms with van der Waals surface area (Å²) >= 11 is 0. The molecule has 0 unspecified atom stereocenters. The summed E-state index contributed by atoms with van der Waals surface area (Å²) < 4.78 is 11.7. The lowest BCUT2D eigenvalue weighted by atomic mass is 9.76. The second-order valence-electron chi connectivity index (χ2n) is 13.4. The third kappa shape index (κ3) is 5.69. The molecule has 5 aromatic rings. The van der Waals surface area contributed by atoms with E-state index in [-0.39, 0.29) is 5.97 Å². The smallest absolute Gasteiger partial charge is 0.340 e. The largest absolute Gasteiger partial charge is 0.440 e. The van der Waals surface area contributed by atoms with E-state index in [0.717, 1.165) is 42.4 Å². The van der Waals surface area contributed by atoms with E-state index in [4.69, 9.17) is 4.74 Å². The van der Waals surface area contributed by atoms with Crippen LogP contribution in [0.1, 0.15) is 129 Å². The van der Waals surface area contributed by atoms with Gasteiger partial charge in [0.2, 0.25) is 0 Å². The number of esters is 1. The van der Waals surface area contributed by atoms with Gasteiger partial charge in [-0.05, 0) is 43.9 Å². The average molecular weight is 617 g/mol. The average Bonchev–Trinajstić information content (AvgIpc) is 3.65. The first kappa shape index (κ1) is 32.2. The molecule has 242 valence electrons. The Kier molecular flexibility index (Phi) is 10.0. The van der Waals surface area contributed by atoms with Gasteiger partial charge in [0.1, 0.15) is 0 Å². The van der Waals surface area contributed by atoms with E-state index in [2.05, 4.69) is 97.7 Å². The van der Waals surface area contributed by atoms with Crippen LogP contribution in [-0.2, 0) is 37.3 Å². The van der Waals surface area contributed by atoms with E-state index < -0.39 is 5.60 Å². The number of ether oxygens (including phenoxy) is 1. The molecule has 3 heterocycles. The summed E-state index contributed by atoms with van der Waals surface area (Å²) in [5, 5.41) is 2.35. The number of carbonyl (C=O) groups is 1. The molecule has 0 aliphatic carbocycles. The van der Waals surface area contributed by atoms with E-state index in [0.29, 0.717) is 5.56 Å². The zero-order chi connectivity index (χ0) is 32.1. The summed E-state index contributed by atoms with van der Waals surface area (Å²) in [5.74, 6) is -0.229. The van der Waals surface area contributed by atoms with Crippen molar-refractivity contribution in [1.29, 1.82) is 0 Å². The predicted octanol–water partition coefficient (Wildman–Crippen LogP) is 10.9. The third-order valence-electron chi connectivity index (χ3n) is 10.5. The van der Waals surface area contributed by atoms with Crippen LogP contribution in [0.5, 0.6) is 0 Å². The standard InChI is InChI=1S/C42H52N2O2/c1-5-7-9-11-13-15-29-37-39(32-24-18-21-27-35(32)43(37)3)42(34-26-20-17-23-31(34)41(45)46-42)40-33-25-19-22-28-36(33)44(4)38(40)30-16-14-12-10-8-6-2/h17-28H,5-16,29-30H2,1-4H3. The van der Waals surface area contributed by atoms with E-state index in [1.165, 1.54) is 97.4 Å². The first-order valence-electron chi connectivity index (χ1n) is 18.0. The molecular weight excluding hydrogens is 564 g/mol. The van der Waals surface area contributed by atoms with Crippen molar-refractivity contribution < 1.29 is 9.53 Å². The van der Waals surface area contributed by atoms with Crippen molar-refractivity contribution in [2.45, 2.75) is 109 Å². The summed E-state index contributed by atoms with van der Waals surface area (Å²) in [6, 6.07) is 25.6. The minimum absolute atomic E-state index is 0.229. The van der Waals surface area contributed by atoms with Gasteiger partial charge in [0.05, 0.1) is 5.56 Å². The van der Waals surface area contributed by atoms with Gasteiger partial charge < -0.3 is 13.9 Å². The highest BCUT2D eigenvalue weighted by Crippen LogP contribution is 2.54. The van der Waals surface area contributed by atoms with Gasteiger partial charge in [0.15, 0.2) is 5.60 Å². The van der Waals surface area contributed by atoms with Crippen LogP contribution in [0.4, 0.5) is 0 Å². The fourth-order valence-corrected chi connectivity index (χ4v) is 8.12. The molecule has 0 atom stereocenters. The van der Waals surface area contributed by atoms with Gasteiger partial charge in [0, 0.05) is 64.0 Å². The maximum absolute atomic E-state index is 14.0. The van der Waals surface area contributed by atoms with Crippen LogP contribution < -0.4 is 0 Å². The molecule has 3 aromatic carbocycles. The highest BCUT2D eigenvalue weighted by Gasteiger charge is 2.53. The van der Waals surface area contributed by atoms with E-state index >= 15 is 0 Å². The van der Waals surface area contributed by atoms with Crippen LogP contribution in [-0.4, -0.2) is 15.1 Å². The van der Waals surface area contributed by atoms with Gasteiger partial charge in [-0.1, -0.05) is 133 Å². The van der Waals surface area contributed by atoms with Crippen LogP contribution in [0.2, 0.25) is 0 Å². The molecule has 6 rings (SSSR count). The normalized spacial score (nSPS) is 14.0. The molecule has 0 bridgehead atoms. The Morgan fingerprint density at radius 2 is 1.00 bits per heavy atom. The molecule has 4 nitrogen and oxygen atoms in total. The molecule has 1 aliphatic rings. The minimum atomic E-state index is -1.04. The number of unbranched alkanes of at least 4 members (excludes halogenated alkanes) is 10. The number of hydrogen-bond acceptors (Lipinski definition) is 2. The Bertz CT molecular complexity index is 1710. The third-order valence-corrected chi connectivity index (χ3v) is 10.5. The molecular formula is C42H52N2O2. The Morgan fingerprint density at radius 1 is 0.565 bits per heavy atom. The van der Waals surface area contributed by atoms with Crippen LogP contribution in [0.3, 0.4) is 0 Å². The van der Waals surface area contributed by atoms with Crippen molar-refractivity contribution in [3.8, 4) is 0 Å². The van der Waals surface area contributed by atoms with Crippen LogP contribution >= 0.6 is 0 Å². The topological polar surface area (TPSA) is 36.2 Å². The monoisotopic (exact) mass is 616 g/mol. The van der Waals surface area contributed by atoms with Gasteiger partial charge in [-0.15, -0.1) is 0 Å². The second-order valence-corrected chi connectivity index (χ2v) is 13.4. The lowest BCUT2D eigenvalue weighted by Crippen LogP contribution is -2.32. The fraction of sp³-hybridized carbons (Fsp3) is 0.452. The molecule has 46 heavy (non-hydrogen) atoms. The number of benzene rings is 3. The van der Waals surface area contributed by atoms with Crippen molar-refractivity contribution in [2.24, 2.45) is 14.1 Å². The number of cyclic esters (lactones) is 1. The van der Waals surface area contributed by atoms with Gasteiger partial charge in [-0.2, -0.15) is 0 Å². The van der Waals surface area contributed by atoms with Crippen LogP contribution in [0.25, 0.3) is 21.8 Å². The number of carbonyl (C=O) groups excluding carboxylic acids is 1. The Labute approximate surface area is 275 Å². The van der Waals surface area contributed by atoms with Crippen LogP contribution in [0.15, 0.2) is 72.8 Å². The molecule has 0 N–H and O–H groups in total. The van der Waals surface area contributed by atoms with Gasteiger partial charge in [0.25, 0.3) is 0 Å². The van der Waals surface area contributed by atoms with Crippen molar-refractivity contribution in [3.05, 3.63) is 106 Å². The number of fused-ring (bicyclic) bond motifs is 3. The summed E-state index contributed by atoms with van der Waals surface area (Å²) in [4.78, 5) is 14.0. The molecule has 0 spiro atoms. The Morgan fingerprint density at radius 3 is 1.52 bits per heavy atom. The highest BCUT2D eigenvalue weighted by molar-refractivity contribution is 6.01. The molecule has 0 radical (unpaired) electrons. The van der Waals surface area contributed by atoms with Crippen LogP contribution in [0, 0.1) is 0 Å². The van der Waals surface area contributed by atoms with E-state index in [1.54, 1.807) is 0 Å². The van der Waals surface area contributed by atoms with Gasteiger partial charge in [-0.3, -0.25) is 0 Å². The first-order chi connectivity index (χ1) is 22.5. The lowest BCUT2D eigenvalue weighted by molar-refractivity contribution is 0.0254. The molecule has 2 aromatic heterocycles. The first-order valence-corrected chi connectivity index (χ1v) is 18.0. The van der Waals surface area contributed by atoms with E-state index in [1.807, 2.05) is 12.1 Å². The van der Waals surface area contributed by atoms with Gasteiger partial charge >= 0.3 is 5.97 Å². The zero-order valence-corrected chi connectivity index (χ0v) is 28.5. The zero-order valence-electron chi connectivity index (χ0n) is 28.5. The van der Waals surface area contributed by atoms with Crippen molar-refractivity contribution in [1.82, 2.24) is 9.13 Å². The summed E-state index contributed by atoms with van der Waals surface area (Å²) in [5.41, 5.74) is 7.85. The van der Waals surface area contributed by atoms with Gasteiger partial charge in [-0.25, -0.2) is 4.79 Å².